The summed E-state index contributed by atoms with van der Waals surface area (Å²) < 4.78 is 0. The molecule has 0 unspecified atom stereocenters. The van der Waals surface area contributed by atoms with Crippen LogP contribution in [0.1, 0.15) is 46.1 Å². The van der Waals surface area contributed by atoms with Gasteiger partial charge in [0.1, 0.15) is 11.1 Å². The number of rotatable bonds is 4. The lowest BCUT2D eigenvalue weighted by Crippen LogP contribution is -2.13. The van der Waals surface area contributed by atoms with Gasteiger partial charge in [-0.05, 0) is 55.0 Å². The highest BCUT2D eigenvalue weighted by molar-refractivity contribution is 7.16. The molecule has 0 spiro atoms. The second-order valence-corrected chi connectivity index (χ2v) is 9.91. The number of pyridine rings is 1. The number of carbonyl (C=O) groups excluding carboxylic acids is 1. The maximum absolute atomic E-state index is 13.5. The number of nitriles is 1. The maximum Gasteiger partial charge on any atom is 0.257 e. The van der Waals surface area contributed by atoms with Crippen LogP contribution in [0.3, 0.4) is 0 Å². The highest BCUT2D eigenvalue weighted by Crippen LogP contribution is 2.40. The van der Waals surface area contributed by atoms with Crippen molar-refractivity contribution in [3.8, 4) is 17.3 Å². The predicted molar refractivity (Wildman–Crippen MR) is 135 cm³/mol. The van der Waals surface area contributed by atoms with E-state index in [-0.39, 0.29) is 5.91 Å². The van der Waals surface area contributed by atoms with Crippen molar-refractivity contribution in [2.75, 3.05) is 5.32 Å². The molecule has 2 aromatic carbocycles. The Morgan fingerprint density at radius 1 is 1.24 bits per heavy atom. The van der Waals surface area contributed by atoms with Gasteiger partial charge in [0.2, 0.25) is 0 Å². The first-order chi connectivity index (χ1) is 16.1. The number of nitrogens with zero attached hydrogens (tertiary/aromatic N) is 2. The molecule has 0 saturated carbocycles. The number of hydrogen-bond donors (Lipinski definition) is 1. The topological polar surface area (TPSA) is 65.8 Å². The number of anilines is 1. The van der Waals surface area contributed by atoms with Crippen molar-refractivity contribution in [2.45, 2.75) is 32.6 Å². The number of nitrogens with one attached hydrogen (secondary N) is 1. The van der Waals surface area contributed by atoms with Crippen LogP contribution in [0.25, 0.3) is 22.2 Å². The fraction of sp³-hybridized carbons (Fsp3) is 0.222. The first kappa shape index (κ1) is 21.6. The fourth-order valence-corrected chi connectivity index (χ4v) is 5.94. The van der Waals surface area contributed by atoms with Crippen LogP contribution in [0.4, 0.5) is 5.00 Å². The molecule has 6 heteroatoms. The van der Waals surface area contributed by atoms with Crippen molar-refractivity contribution < 1.29 is 4.79 Å². The van der Waals surface area contributed by atoms with Crippen molar-refractivity contribution >= 4 is 44.7 Å². The van der Waals surface area contributed by atoms with Crippen LogP contribution in [0.5, 0.6) is 0 Å². The van der Waals surface area contributed by atoms with Gasteiger partial charge in [-0.25, -0.2) is 4.98 Å². The number of amides is 1. The molecule has 2 aromatic heterocycles. The third-order valence-corrected chi connectivity index (χ3v) is 7.81. The number of fused-ring (bicyclic) bond motifs is 2. The molecule has 0 aliphatic heterocycles. The minimum Gasteiger partial charge on any atom is -0.312 e. The lowest BCUT2D eigenvalue weighted by Gasteiger charge is -2.20. The monoisotopic (exact) mass is 471 g/mol. The summed E-state index contributed by atoms with van der Waals surface area (Å²) in [4.78, 5) is 19.5. The van der Waals surface area contributed by atoms with Gasteiger partial charge in [0, 0.05) is 20.8 Å². The van der Waals surface area contributed by atoms with E-state index in [0.29, 0.717) is 32.8 Å². The van der Waals surface area contributed by atoms with Crippen molar-refractivity contribution in [3.63, 3.8) is 0 Å². The number of halogens is 1. The molecule has 0 fully saturated rings. The Kier molecular flexibility index (Phi) is 5.88. The van der Waals surface area contributed by atoms with Gasteiger partial charge >= 0.3 is 0 Å². The zero-order valence-electron chi connectivity index (χ0n) is 18.2. The highest BCUT2D eigenvalue weighted by atomic mass is 35.5. The summed E-state index contributed by atoms with van der Waals surface area (Å²) in [5, 5.41) is 15.0. The van der Waals surface area contributed by atoms with E-state index >= 15 is 0 Å². The fourth-order valence-electron chi connectivity index (χ4n) is 4.51. The normalized spacial score (nSPS) is 15.1. The third kappa shape index (κ3) is 4.13. The summed E-state index contributed by atoms with van der Waals surface area (Å²) in [6.07, 6.45) is 4.13. The Hall–Kier alpha value is -3.20. The molecule has 1 aliphatic carbocycles. The zero-order chi connectivity index (χ0) is 22.9. The molecule has 1 atom stereocenters. The minimum absolute atomic E-state index is 0.231. The number of hydrogen-bond acceptors (Lipinski definition) is 4. The number of carbonyl (C=O) groups is 1. The van der Waals surface area contributed by atoms with E-state index in [1.54, 1.807) is 11.3 Å². The summed E-state index contributed by atoms with van der Waals surface area (Å²) in [6.45, 7) is 2.21. The van der Waals surface area contributed by atoms with Gasteiger partial charge in [0.25, 0.3) is 5.91 Å². The number of thiophene rings is 1. The Balaban J connectivity index is 1.55. The molecule has 0 radical (unpaired) electrons. The molecule has 33 heavy (non-hydrogen) atoms. The highest BCUT2D eigenvalue weighted by Gasteiger charge is 2.26. The van der Waals surface area contributed by atoms with E-state index in [2.05, 4.69) is 18.3 Å². The molecule has 1 aliphatic rings. The van der Waals surface area contributed by atoms with Crippen molar-refractivity contribution in [1.29, 1.82) is 5.26 Å². The molecule has 5 rings (SSSR count). The van der Waals surface area contributed by atoms with E-state index in [1.807, 2.05) is 54.6 Å². The van der Waals surface area contributed by atoms with Crippen LogP contribution in [0, 0.1) is 17.2 Å². The molecular formula is C27H22ClN3OS. The van der Waals surface area contributed by atoms with E-state index in [4.69, 9.17) is 16.6 Å². The summed E-state index contributed by atoms with van der Waals surface area (Å²) >= 11 is 7.60. The summed E-state index contributed by atoms with van der Waals surface area (Å²) in [5.74, 6) is 0.420. The maximum atomic E-state index is 13.5. The number of benzene rings is 2. The SMILES string of the molecule is CC[C@@H]1CCc2c(sc(NC(=O)c3cc(-c4ccc(Cl)cc4)nc4ccccc34)c2C#N)C1. The Labute approximate surface area is 201 Å². The second kappa shape index (κ2) is 8.97. The second-order valence-electron chi connectivity index (χ2n) is 8.37. The van der Waals surface area contributed by atoms with Gasteiger partial charge in [0.15, 0.2) is 0 Å². The molecule has 0 saturated heterocycles. The Morgan fingerprint density at radius 3 is 2.79 bits per heavy atom. The lowest BCUT2D eigenvalue weighted by molar-refractivity contribution is 0.102. The van der Waals surface area contributed by atoms with Gasteiger partial charge in [-0.1, -0.05) is 55.3 Å². The summed E-state index contributed by atoms with van der Waals surface area (Å²) in [5.41, 5.74) is 4.60. The van der Waals surface area contributed by atoms with Gasteiger partial charge in [0.05, 0.1) is 22.3 Å². The van der Waals surface area contributed by atoms with E-state index in [9.17, 15) is 10.1 Å². The predicted octanol–water partition coefficient (Wildman–Crippen LogP) is 7.26. The molecule has 1 N–H and O–H groups in total. The van der Waals surface area contributed by atoms with Crippen molar-refractivity contribution in [1.82, 2.24) is 4.98 Å². The van der Waals surface area contributed by atoms with E-state index in [0.717, 1.165) is 47.7 Å². The molecular weight excluding hydrogens is 450 g/mol. The van der Waals surface area contributed by atoms with Crippen molar-refractivity contribution in [2.24, 2.45) is 5.92 Å². The summed E-state index contributed by atoms with van der Waals surface area (Å²) in [6, 6.07) is 19.2. The quantitative estimate of drug-likeness (QED) is 0.340. The van der Waals surface area contributed by atoms with Gasteiger partial charge in [-0.3, -0.25) is 4.79 Å². The smallest absolute Gasteiger partial charge is 0.257 e. The molecule has 1 amide bonds. The molecule has 4 nitrogen and oxygen atoms in total. The van der Waals surface area contributed by atoms with Gasteiger partial charge in [-0.2, -0.15) is 5.26 Å². The summed E-state index contributed by atoms with van der Waals surface area (Å²) in [7, 11) is 0. The minimum atomic E-state index is -0.231. The molecule has 4 aromatic rings. The Morgan fingerprint density at radius 2 is 2.03 bits per heavy atom. The molecule has 0 bridgehead atoms. The average molecular weight is 472 g/mol. The zero-order valence-corrected chi connectivity index (χ0v) is 19.8. The third-order valence-electron chi connectivity index (χ3n) is 6.38. The van der Waals surface area contributed by atoms with Crippen LogP contribution >= 0.6 is 22.9 Å². The van der Waals surface area contributed by atoms with Crippen LogP contribution < -0.4 is 5.32 Å². The Bertz CT molecular complexity index is 1400. The molecule has 164 valence electrons. The largest absolute Gasteiger partial charge is 0.312 e. The van der Waals surface area contributed by atoms with E-state index in [1.165, 1.54) is 4.88 Å². The number of para-hydroxylation sites is 1. The molecule has 2 heterocycles. The van der Waals surface area contributed by atoms with Crippen LogP contribution in [0.15, 0.2) is 54.6 Å². The first-order valence-corrected chi connectivity index (χ1v) is 12.3. The average Bonchev–Trinajstić information content (AvgIpc) is 3.19. The van der Waals surface area contributed by atoms with Gasteiger partial charge in [-0.15, -0.1) is 11.3 Å². The van der Waals surface area contributed by atoms with E-state index < -0.39 is 0 Å². The van der Waals surface area contributed by atoms with Crippen LogP contribution in [0.2, 0.25) is 5.02 Å². The first-order valence-electron chi connectivity index (χ1n) is 11.1. The van der Waals surface area contributed by atoms with Crippen LogP contribution in [-0.4, -0.2) is 10.9 Å². The van der Waals surface area contributed by atoms with Crippen molar-refractivity contribution in [3.05, 3.63) is 81.2 Å². The lowest BCUT2D eigenvalue weighted by atomic mass is 9.86. The van der Waals surface area contributed by atoms with Gasteiger partial charge < -0.3 is 5.32 Å². The number of aromatic nitrogens is 1. The standard InChI is InChI=1S/C27H22ClN3OS/c1-2-16-7-12-20-22(15-29)27(33-25(20)13-16)31-26(32)21-14-24(17-8-10-18(28)11-9-17)30-23-6-4-3-5-19(21)23/h3-6,8-11,14,16H,2,7,12-13H2,1H3,(H,31,32)/t16-/m1/s1. The van der Waals surface area contributed by atoms with Crippen LogP contribution in [-0.2, 0) is 12.8 Å².